The molecule has 0 spiro atoms. The second kappa shape index (κ2) is 6.94. The summed E-state index contributed by atoms with van der Waals surface area (Å²) in [7, 11) is 1.89. The average molecular weight is 352 g/mol. The van der Waals surface area contributed by atoms with Gasteiger partial charge in [0, 0.05) is 31.6 Å². The Hall–Kier alpha value is -2.63. The van der Waals surface area contributed by atoms with Gasteiger partial charge >= 0.3 is 0 Å². The highest BCUT2D eigenvalue weighted by Crippen LogP contribution is 2.31. The summed E-state index contributed by atoms with van der Waals surface area (Å²) in [4.78, 5) is 32.4. The molecule has 26 heavy (non-hydrogen) atoms. The number of fused-ring (bicyclic) bond motifs is 1. The highest BCUT2D eigenvalue weighted by atomic mass is 16.2. The van der Waals surface area contributed by atoms with Crippen LogP contribution in [0.5, 0.6) is 0 Å². The Morgan fingerprint density at radius 1 is 1.15 bits per heavy atom. The quantitative estimate of drug-likeness (QED) is 0.921. The number of amides is 2. The van der Waals surface area contributed by atoms with Crippen molar-refractivity contribution in [2.45, 2.75) is 44.2 Å². The molecule has 4 rings (SSSR count). The first-order valence-electron chi connectivity index (χ1n) is 9.31. The van der Waals surface area contributed by atoms with E-state index >= 15 is 0 Å². The third kappa shape index (κ3) is 3.00. The van der Waals surface area contributed by atoms with E-state index in [0.29, 0.717) is 18.5 Å². The van der Waals surface area contributed by atoms with Crippen LogP contribution in [0.4, 0.5) is 0 Å². The lowest BCUT2D eigenvalue weighted by atomic mass is 9.99. The van der Waals surface area contributed by atoms with Gasteiger partial charge in [-0.15, -0.1) is 0 Å². The van der Waals surface area contributed by atoms with Gasteiger partial charge < -0.3 is 14.8 Å². The van der Waals surface area contributed by atoms with Crippen LogP contribution in [0, 0.1) is 0 Å². The third-order valence-electron chi connectivity index (χ3n) is 5.45. The van der Waals surface area contributed by atoms with Gasteiger partial charge in [0.15, 0.2) is 6.04 Å². The van der Waals surface area contributed by atoms with E-state index in [-0.39, 0.29) is 17.9 Å². The van der Waals surface area contributed by atoms with Crippen molar-refractivity contribution in [3.8, 4) is 0 Å². The number of nitrogens with zero attached hydrogens (tertiary/aromatic N) is 3. The van der Waals surface area contributed by atoms with Gasteiger partial charge in [-0.2, -0.15) is 0 Å². The molecule has 2 heterocycles. The van der Waals surface area contributed by atoms with Crippen LogP contribution in [0.15, 0.2) is 36.7 Å². The van der Waals surface area contributed by atoms with Crippen molar-refractivity contribution in [1.29, 1.82) is 0 Å². The normalized spacial score (nSPS) is 20.0. The summed E-state index contributed by atoms with van der Waals surface area (Å²) in [6.45, 7) is 0.500. The van der Waals surface area contributed by atoms with E-state index in [9.17, 15) is 9.59 Å². The van der Waals surface area contributed by atoms with Crippen LogP contribution in [0.3, 0.4) is 0 Å². The number of rotatable bonds is 3. The minimum Gasteiger partial charge on any atom is -0.351 e. The first-order valence-corrected chi connectivity index (χ1v) is 9.31. The predicted molar refractivity (Wildman–Crippen MR) is 97.5 cm³/mol. The van der Waals surface area contributed by atoms with E-state index in [1.807, 2.05) is 29.8 Å². The molecule has 0 bridgehead atoms. The fourth-order valence-corrected chi connectivity index (χ4v) is 4.12. The summed E-state index contributed by atoms with van der Waals surface area (Å²) in [5.41, 5.74) is 2.35. The molecule has 0 radical (unpaired) electrons. The van der Waals surface area contributed by atoms with Crippen LogP contribution in [-0.4, -0.2) is 38.9 Å². The number of benzene rings is 1. The second-order valence-corrected chi connectivity index (χ2v) is 7.19. The lowest BCUT2D eigenvalue weighted by Crippen LogP contribution is -2.49. The van der Waals surface area contributed by atoms with Crippen LogP contribution < -0.4 is 5.32 Å². The molecule has 1 unspecified atom stereocenters. The van der Waals surface area contributed by atoms with E-state index in [4.69, 9.17) is 0 Å². The summed E-state index contributed by atoms with van der Waals surface area (Å²) in [6.07, 6.45) is 6.74. The minimum atomic E-state index is -0.625. The first-order chi connectivity index (χ1) is 12.6. The highest BCUT2D eigenvalue weighted by molar-refractivity contribution is 5.98. The molecule has 1 fully saturated rings. The maximum absolute atomic E-state index is 13.2. The van der Waals surface area contributed by atoms with Crippen molar-refractivity contribution in [1.82, 2.24) is 19.8 Å². The van der Waals surface area contributed by atoms with Gasteiger partial charge in [-0.05, 0) is 25.0 Å². The molecule has 0 saturated heterocycles. The molecule has 136 valence electrons. The summed E-state index contributed by atoms with van der Waals surface area (Å²) in [5.74, 6) is -0.199. The molecule has 1 aliphatic carbocycles. The van der Waals surface area contributed by atoms with Gasteiger partial charge in [-0.25, -0.2) is 4.98 Å². The zero-order valence-electron chi connectivity index (χ0n) is 15.0. The number of carbonyl (C=O) groups excluding carboxylic acids is 2. The van der Waals surface area contributed by atoms with E-state index < -0.39 is 6.04 Å². The smallest absolute Gasteiger partial charge is 0.254 e. The number of carbonyl (C=O) groups is 2. The van der Waals surface area contributed by atoms with Crippen molar-refractivity contribution >= 4 is 11.8 Å². The highest BCUT2D eigenvalue weighted by Gasteiger charge is 2.39. The van der Waals surface area contributed by atoms with Crippen molar-refractivity contribution in [2.24, 2.45) is 7.05 Å². The van der Waals surface area contributed by atoms with Gasteiger partial charge in [0.25, 0.3) is 5.91 Å². The summed E-state index contributed by atoms with van der Waals surface area (Å²) >= 11 is 0. The Morgan fingerprint density at radius 3 is 2.62 bits per heavy atom. The van der Waals surface area contributed by atoms with Crippen LogP contribution in [0.2, 0.25) is 0 Å². The average Bonchev–Trinajstić information content (AvgIpc) is 3.31. The number of hydrogen-bond donors (Lipinski definition) is 1. The van der Waals surface area contributed by atoms with Crippen molar-refractivity contribution in [3.05, 3.63) is 53.6 Å². The molecule has 1 N–H and O–H groups in total. The van der Waals surface area contributed by atoms with Crippen LogP contribution in [0.1, 0.15) is 53.5 Å². The maximum atomic E-state index is 13.2. The maximum Gasteiger partial charge on any atom is 0.254 e. The molecule has 2 amide bonds. The SMILES string of the molecule is Cn1cnc2c1C(C(=O)NC1CCCC1)N(C(=O)c1ccccc1)CC2. The number of imidazole rings is 1. The van der Waals surface area contributed by atoms with Gasteiger partial charge in [0.05, 0.1) is 17.7 Å². The first kappa shape index (κ1) is 16.8. The topological polar surface area (TPSA) is 67.2 Å². The Bertz CT molecular complexity index is 808. The number of hydrogen-bond acceptors (Lipinski definition) is 3. The van der Waals surface area contributed by atoms with Crippen LogP contribution >= 0.6 is 0 Å². The number of nitrogens with one attached hydrogen (secondary N) is 1. The summed E-state index contributed by atoms with van der Waals surface area (Å²) in [5, 5.41) is 3.17. The van der Waals surface area contributed by atoms with Crippen molar-refractivity contribution in [2.75, 3.05) is 6.54 Å². The monoisotopic (exact) mass is 352 g/mol. The molecule has 2 aromatic rings. The Balaban J connectivity index is 1.67. The molecule has 1 aromatic heterocycles. The molecular formula is C20H24N4O2. The lowest BCUT2D eigenvalue weighted by molar-refractivity contribution is -0.127. The van der Waals surface area contributed by atoms with Gasteiger partial charge in [-0.3, -0.25) is 9.59 Å². The summed E-state index contributed by atoms with van der Waals surface area (Å²) < 4.78 is 1.87. The number of aryl methyl sites for hydroxylation is 1. The summed E-state index contributed by atoms with van der Waals surface area (Å²) in [6, 6.07) is 8.77. The Labute approximate surface area is 153 Å². The van der Waals surface area contributed by atoms with E-state index in [1.54, 1.807) is 23.4 Å². The molecule has 2 aliphatic rings. The molecule has 1 atom stereocenters. The largest absolute Gasteiger partial charge is 0.351 e. The van der Waals surface area contributed by atoms with Crippen LogP contribution in [-0.2, 0) is 18.3 Å². The van der Waals surface area contributed by atoms with E-state index in [0.717, 1.165) is 37.1 Å². The fourth-order valence-electron chi connectivity index (χ4n) is 4.12. The molecule has 1 aromatic carbocycles. The van der Waals surface area contributed by atoms with Crippen molar-refractivity contribution in [3.63, 3.8) is 0 Å². The molecule has 6 nitrogen and oxygen atoms in total. The Morgan fingerprint density at radius 2 is 1.88 bits per heavy atom. The molecule has 1 aliphatic heterocycles. The van der Waals surface area contributed by atoms with E-state index in [2.05, 4.69) is 10.3 Å². The van der Waals surface area contributed by atoms with Gasteiger partial charge in [0.1, 0.15) is 0 Å². The van der Waals surface area contributed by atoms with Crippen LogP contribution in [0.25, 0.3) is 0 Å². The standard InChI is InChI=1S/C20H24N4O2/c1-23-13-21-16-11-12-24(20(26)14-7-3-2-4-8-14)18(17(16)23)19(25)22-15-9-5-6-10-15/h2-4,7-8,13,15,18H,5-6,9-12H2,1H3,(H,22,25). The van der Waals surface area contributed by atoms with E-state index in [1.165, 1.54) is 0 Å². The molecule has 1 saturated carbocycles. The molecule has 6 heteroatoms. The van der Waals surface area contributed by atoms with Gasteiger partial charge in [0.2, 0.25) is 5.91 Å². The zero-order chi connectivity index (χ0) is 18.1. The van der Waals surface area contributed by atoms with Gasteiger partial charge in [-0.1, -0.05) is 31.0 Å². The fraction of sp³-hybridized carbons (Fsp3) is 0.450. The minimum absolute atomic E-state index is 0.0919. The number of aromatic nitrogens is 2. The lowest BCUT2D eigenvalue weighted by Gasteiger charge is -2.35. The Kier molecular flexibility index (Phi) is 4.49. The third-order valence-corrected chi connectivity index (χ3v) is 5.45. The zero-order valence-corrected chi connectivity index (χ0v) is 15.0. The second-order valence-electron chi connectivity index (χ2n) is 7.19. The predicted octanol–water partition coefficient (Wildman–Crippen LogP) is 2.22. The molecular weight excluding hydrogens is 328 g/mol. The van der Waals surface area contributed by atoms with Crippen molar-refractivity contribution < 1.29 is 9.59 Å².